The average molecular weight is 335 g/mol. The number of ether oxygens (including phenoxy) is 2. The van der Waals surface area contributed by atoms with Gasteiger partial charge in [-0.2, -0.15) is 0 Å². The highest BCUT2D eigenvalue weighted by Gasteiger charge is 2.32. The lowest BCUT2D eigenvalue weighted by atomic mass is 9.78. The van der Waals surface area contributed by atoms with Crippen LogP contribution in [0.5, 0.6) is 0 Å². The molecular weight excluding hydrogens is 308 g/mol. The molecule has 2 aliphatic rings. The molecule has 0 atom stereocenters. The highest BCUT2D eigenvalue weighted by Crippen LogP contribution is 2.39. The molecule has 1 saturated carbocycles. The van der Waals surface area contributed by atoms with Crippen LogP contribution >= 0.6 is 11.6 Å². The third-order valence-corrected chi connectivity index (χ3v) is 5.52. The van der Waals surface area contributed by atoms with E-state index in [-0.39, 0.29) is 6.29 Å². The fourth-order valence-corrected chi connectivity index (χ4v) is 3.94. The minimum absolute atomic E-state index is 0.0150. The summed E-state index contributed by atoms with van der Waals surface area (Å²) in [5.74, 6) is 1.75. The van der Waals surface area contributed by atoms with E-state index in [2.05, 4.69) is 18.7 Å². The fraction of sp³-hybridized carbons (Fsp3) is 0.600. The van der Waals surface area contributed by atoms with Gasteiger partial charge in [0.15, 0.2) is 6.29 Å². The summed E-state index contributed by atoms with van der Waals surface area (Å²) in [4.78, 5) is 0. The van der Waals surface area contributed by atoms with Gasteiger partial charge in [0, 0.05) is 16.9 Å². The van der Waals surface area contributed by atoms with Gasteiger partial charge in [0.1, 0.15) is 0 Å². The molecule has 0 aromatic heterocycles. The van der Waals surface area contributed by atoms with Crippen molar-refractivity contribution in [2.45, 2.75) is 50.7 Å². The fourth-order valence-electron chi connectivity index (χ4n) is 3.81. The molecule has 126 valence electrons. The maximum atomic E-state index is 6.01. The zero-order valence-corrected chi connectivity index (χ0v) is 14.5. The molecule has 1 aliphatic carbocycles. The molecule has 0 amide bonds. The van der Waals surface area contributed by atoms with Crippen LogP contribution in [0.15, 0.2) is 36.9 Å². The van der Waals surface area contributed by atoms with Gasteiger partial charge in [0.25, 0.3) is 0 Å². The zero-order valence-electron chi connectivity index (χ0n) is 13.8. The van der Waals surface area contributed by atoms with Crippen LogP contribution in [0, 0.1) is 11.8 Å². The van der Waals surface area contributed by atoms with Crippen molar-refractivity contribution in [3.63, 3.8) is 0 Å². The standard InChI is InChI=1S/C20H27ClO2/c1-2-3-4-15-13-22-20(23-14-15)18-7-5-16(6-8-18)17-9-11-19(21)12-10-17/h2,9-12,15-16,18,20H,1,3-8,13-14H2/t15-,16-,18-,20-. The van der Waals surface area contributed by atoms with Gasteiger partial charge in [0.2, 0.25) is 0 Å². The van der Waals surface area contributed by atoms with Crippen molar-refractivity contribution in [3.05, 3.63) is 47.5 Å². The first-order chi connectivity index (χ1) is 11.3. The molecule has 3 heteroatoms. The Bertz CT molecular complexity index is 483. The normalized spacial score (nSPS) is 31.7. The summed E-state index contributed by atoms with van der Waals surface area (Å²) >= 11 is 5.98. The summed E-state index contributed by atoms with van der Waals surface area (Å²) in [6, 6.07) is 8.34. The summed E-state index contributed by atoms with van der Waals surface area (Å²) < 4.78 is 12.0. The van der Waals surface area contributed by atoms with Gasteiger partial charge in [-0.3, -0.25) is 0 Å². The molecule has 3 rings (SSSR count). The third kappa shape index (κ3) is 4.59. The molecule has 2 nitrogen and oxygen atoms in total. The van der Waals surface area contributed by atoms with Gasteiger partial charge in [0.05, 0.1) is 13.2 Å². The molecule has 0 bridgehead atoms. The maximum Gasteiger partial charge on any atom is 0.160 e. The Morgan fingerprint density at radius 3 is 2.30 bits per heavy atom. The van der Waals surface area contributed by atoms with E-state index in [1.807, 2.05) is 18.2 Å². The molecule has 1 heterocycles. The summed E-state index contributed by atoms with van der Waals surface area (Å²) in [6.45, 7) is 5.47. The van der Waals surface area contributed by atoms with E-state index < -0.39 is 0 Å². The monoisotopic (exact) mass is 334 g/mol. The molecule has 1 aromatic carbocycles. The van der Waals surface area contributed by atoms with Gasteiger partial charge < -0.3 is 9.47 Å². The van der Waals surface area contributed by atoms with E-state index in [9.17, 15) is 0 Å². The second-order valence-electron chi connectivity index (χ2n) is 6.93. The Morgan fingerprint density at radius 1 is 1.04 bits per heavy atom. The van der Waals surface area contributed by atoms with Crippen LogP contribution < -0.4 is 0 Å². The van der Waals surface area contributed by atoms with Crippen LogP contribution in [-0.2, 0) is 9.47 Å². The number of benzene rings is 1. The van der Waals surface area contributed by atoms with Crippen molar-refractivity contribution in [2.24, 2.45) is 11.8 Å². The van der Waals surface area contributed by atoms with Crippen molar-refractivity contribution >= 4 is 11.6 Å². The largest absolute Gasteiger partial charge is 0.352 e. The van der Waals surface area contributed by atoms with Crippen LogP contribution in [-0.4, -0.2) is 19.5 Å². The number of hydrogen-bond donors (Lipinski definition) is 0. The Morgan fingerprint density at radius 2 is 1.70 bits per heavy atom. The van der Waals surface area contributed by atoms with E-state index in [4.69, 9.17) is 21.1 Å². The molecular formula is C20H27ClO2. The highest BCUT2D eigenvalue weighted by molar-refractivity contribution is 6.30. The summed E-state index contributed by atoms with van der Waals surface area (Å²) in [6.07, 6.45) is 8.98. The second kappa shape index (κ2) is 8.32. The van der Waals surface area contributed by atoms with Gasteiger partial charge in [-0.1, -0.05) is 29.8 Å². The molecule has 1 saturated heterocycles. The van der Waals surface area contributed by atoms with Crippen molar-refractivity contribution in [2.75, 3.05) is 13.2 Å². The number of allylic oxidation sites excluding steroid dienone is 1. The lowest BCUT2D eigenvalue weighted by Crippen LogP contribution is -2.38. The van der Waals surface area contributed by atoms with Crippen molar-refractivity contribution in [3.8, 4) is 0 Å². The molecule has 2 fully saturated rings. The van der Waals surface area contributed by atoms with Gasteiger partial charge in [-0.25, -0.2) is 0 Å². The van der Waals surface area contributed by atoms with E-state index in [0.717, 1.165) is 31.1 Å². The Kier molecular flexibility index (Phi) is 6.15. The lowest BCUT2D eigenvalue weighted by Gasteiger charge is -2.37. The van der Waals surface area contributed by atoms with Crippen LogP contribution in [0.25, 0.3) is 0 Å². The predicted octanol–water partition coefficient (Wildman–Crippen LogP) is 5.57. The first-order valence-corrected chi connectivity index (χ1v) is 9.23. The quantitative estimate of drug-likeness (QED) is 0.655. The summed E-state index contributed by atoms with van der Waals surface area (Å²) in [7, 11) is 0. The Hall–Kier alpha value is -0.830. The summed E-state index contributed by atoms with van der Waals surface area (Å²) in [5, 5.41) is 0.817. The van der Waals surface area contributed by atoms with Crippen LogP contribution in [0.4, 0.5) is 0 Å². The smallest absolute Gasteiger partial charge is 0.160 e. The van der Waals surface area contributed by atoms with E-state index in [1.54, 1.807) is 0 Å². The highest BCUT2D eigenvalue weighted by atomic mass is 35.5. The first-order valence-electron chi connectivity index (χ1n) is 8.86. The van der Waals surface area contributed by atoms with Crippen LogP contribution in [0.2, 0.25) is 5.02 Å². The minimum Gasteiger partial charge on any atom is -0.352 e. The molecule has 0 spiro atoms. The van der Waals surface area contributed by atoms with Gasteiger partial charge in [-0.15, -0.1) is 6.58 Å². The Balaban J connectivity index is 1.44. The molecule has 0 unspecified atom stereocenters. The Labute approximate surface area is 144 Å². The minimum atomic E-state index is 0.0150. The third-order valence-electron chi connectivity index (χ3n) is 5.27. The number of halogens is 1. The maximum absolute atomic E-state index is 6.01. The van der Waals surface area contributed by atoms with E-state index >= 15 is 0 Å². The van der Waals surface area contributed by atoms with Crippen molar-refractivity contribution < 1.29 is 9.47 Å². The van der Waals surface area contributed by atoms with Crippen LogP contribution in [0.1, 0.15) is 50.0 Å². The SMILES string of the molecule is C=CCC[C@H]1CO[C@H]([C@H]2CC[C@H](c3ccc(Cl)cc3)CC2)OC1. The molecule has 0 radical (unpaired) electrons. The van der Waals surface area contributed by atoms with E-state index in [0.29, 0.717) is 17.8 Å². The first kappa shape index (κ1) is 17.0. The van der Waals surface area contributed by atoms with Crippen molar-refractivity contribution in [1.82, 2.24) is 0 Å². The van der Waals surface area contributed by atoms with E-state index in [1.165, 1.54) is 31.2 Å². The van der Waals surface area contributed by atoms with Crippen LogP contribution in [0.3, 0.4) is 0 Å². The van der Waals surface area contributed by atoms with Gasteiger partial charge in [-0.05, 0) is 62.1 Å². The number of rotatable bonds is 5. The molecule has 1 aromatic rings. The second-order valence-corrected chi connectivity index (χ2v) is 7.37. The zero-order chi connectivity index (χ0) is 16.1. The lowest BCUT2D eigenvalue weighted by molar-refractivity contribution is -0.229. The molecule has 23 heavy (non-hydrogen) atoms. The number of hydrogen-bond acceptors (Lipinski definition) is 2. The molecule has 0 N–H and O–H groups in total. The molecule has 1 aliphatic heterocycles. The van der Waals surface area contributed by atoms with Crippen molar-refractivity contribution in [1.29, 1.82) is 0 Å². The predicted molar refractivity (Wildman–Crippen MR) is 94.8 cm³/mol. The average Bonchev–Trinajstić information content (AvgIpc) is 2.61. The summed E-state index contributed by atoms with van der Waals surface area (Å²) in [5.41, 5.74) is 1.42. The van der Waals surface area contributed by atoms with Gasteiger partial charge >= 0.3 is 0 Å². The topological polar surface area (TPSA) is 18.5 Å².